The number of rotatable bonds is 5. The summed E-state index contributed by atoms with van der Waals surface area (Å²) in [4.78, 5) is 22.3. The molecule has 5 rings (SSSR count). The average molecular weight is 481 g/mol. The van der Waals surface area contributed by atoms with Gasteiger partial charge in [0.15, 0.2) is 11.5 Å². The number of aromatic carboxylic acids is 1. The van der Waals surface area contributed by atoms with Gasteiger partial charge >= 0.3 is 12.1 Å². The minimum absolute atomic E-state index is 0.00971. The Morgan fingerprint density at radius 3 is 2.71 bits per heavy atom. The maximum absolute atomic E-state index is 13.6. The predicted octanol–water partition coefficient (Wildman–Crippen LogP) is 5.07. The molecule has 7 nitrogen and oxygen atoms in total. The molecule has 1 saturated heterocycles. The number of alkyl halides is 3. The fraction of sp³-hybridized carbons (Fsp3) is 0.360. The van der Waals surface area contributed by atoms with Crippen LogP contribution in [0.4, 0.5) is 24.7 Å². The zero-order chi connectivity index (χ0) is 25.1. The topological polar surface area (TPSA) is 102 Å². The third kappa shape index (κ3) is 3.71. The zero-order valence-electron chi connectivity index (χ0n) is 19.0. The van der Waals surface area contributed by atoms with E-state index in [1.807, 2.05) is 26.0 Å². The summed E-state index contributed by atoms with van der Waals surface area (Å²) in [5.41, 5.74) is 1.27. The van der Waals surface area contributed by atoms with Gasteiger partial charge in [0.1, 0.15) is 6.07 Å². The molecule has 1 aromatic heterocycles. The molecular formula is C25H22F3N5O2. The number of carboxylic acid groups (broad SMARTS) is 1. The molecule has 2 fully saturated rings. The molecule has 2 N–H and O–H groups in total. The number of anilines is 2. The number of nitriles is 1. The van der Waals surface area contributed by atoms with Crippen LogP contribution in [0.25, 0.3) is 11.0 Å². The van der Waals surface area contributed by atoms with Crippen molar-refractivity contribution in [3.63, 3.8) is 0 Å². The van der Waals surface area contributed by atoms with Crippen molar-refractivity contribution in [1.82, 2.24) is 9.97 Å². The van der Waals surface area contributed by atoms with Crippen LogP contribution >= 0.6 is 0 Å². The van der Waals surface area contributed by atoms with E-state index in [-0.39, 0.29) is 36.6 Å². The van der Waals surface area contributed by atoms with E-state index in [0.717, 1.165) is 5.56 Å². The molecule has 2 unspecified atom stereocenters. The van der Waals surface area contributed by atoms with E-state index >= 15 is 0 Å². The first-order chi connectivity index (χ1) is 16.5. The summed E-state index contributed by atoms with van der Waals surface area (Å²) in [6.07, 6.45) is -4.20. The lowest BCUT2D eigenvalue weighted by molar-refractivity contribution is -0.184. The Kier molecular flexibility index (Phi) is 5.13. The Bertz CT molecular complexity index is 1400. The van der Waals surface area contributed by atoms with E-state index in [2.05, 4.69) is 15.3 Å². The summed E-state index contributed by atoms with van der Waals surface area (Å²) in [7, 11) is 0. The van der Waals surface area contributed by atoms with Gasteiger partial charge in [0, 0.05) is 24.3 Å². The molecule has 0 spiro atoms. The van der Waals surface area contributed by atoms with Gasteiger partial charge in [-0.25, -0.2) is 14.8 Å². The van der Waals surface area contributed by atoms with Crippen molar-refractivity contribution in [2.45, 2.75) is 32.5 Å². The van der Waals surface area contributed by atoms with Gasteiger partial charge in [0.2, 0.25) is 0 Å². The van der Waals surface area contributed by atoms with Crippen LogP contribution in [0.5, 0.6) is 0 Å². The Labute approximate surface area is 199 Å². The molecule has 35 heavy (non-hydrogen) atoms. The first-order valence-electron chi connectivity index (χ1n) is 11.2. The van der Waals surface area contributed by atoms with E-state index in [4.69, 9.17) is 0 Å². The molecule has 0 radical (unpaired) electrons. The van der Waals surface area contributed by atoms with Crippen LogP contribution in [0.15, 0.2) is 36.4 Å². The molecule has 2 aliphatic rings. The normalized spacial score (nSPS) is 21.9. The molecule has 1 aliphatic heterocycles. The molecule has 3 aromatic rings. The highest BCUT2D eigenvalue weighted by Gasteiger charge is 2.74. The number of aryl methyl sites for hydroxylation is 1. The highest BCUT2D eigenvalue weighted by Crippen LogP contribution is 2.66. The van der Waals surface area contributed by atoms with Crippen LogP contribution in [0, 0.1) is 29.6 Å². The van der Waals surface area contributed by atoms with Crippen LogP contribution in [-0.4, -0.2) is 40.3 Å². The van der Waals surface area contributed by atoms with Crippen LogP contribution in [0.2, 0.25) is 0 Å². The number of hydrogen-bond donors (Lipinski definition) is 2. The number of benzene rings is 2. The first kappa shape index (κ1) is 22.9. The standard InChI is InChI=1S/C25H22F3N5O2/c1-13-7-17(14(2)30-18-6-4-3-5-16(18)23(34)35)21-19(8-13)31-20(10-29)22(32-21)33-11-15-9-24(15,12-33)25(26,27)28/h3-8,14-15,30H,9,11-12H2,1-2H3,(H,34,35)/t14-,15?,24?/m1/s1. The number of halogens is 3. The summed E-state index contributed by atoms with van der Waals surface area (Å²) in [5.74, 6) is -1.42. The molecule has 2 heterocycles. The number of para-hydroxylation sites is 1. The summed E-state index contributed by atoms with van der Waals surface area (Å²) < 4.78 is 40.9. The van der Waals surface area contributed by atoms with E-state index in [1.54, 1.807) is 24.3 Å². The van der Waals surface area contributed by atoms with E-state index in [1.165, 1.54) is 11.0 Å². The van der Waals surface area contributed by atoms with Crippen LogP contribution in [0.1, 0.15) is 46.6 Å². The Morgan fingerprint density at radius 2 is 2.06 bits per heavy atom. The van der Waals surface area contributed by atoms with E-state index < -0.39 is 29.5 Å². The molecule has 0 amide bonds. The van der Waals surface area contributed by atoms with Crippen molar-refractivity contribution < 1.29 is 23.1 Å². The maximum atomic E-state index is 13.6. The van der Waals surface area contributed by atoms with Crippen molar-refractivity contribution in [1.29, 1.82) is 5.26 Å². The minimum atomic E-state index is -4.30. The summed E-state index contributed by atoms with van der Waals surface area (Å²) in [6.45, 7) is 3.64. The van der Waals surface area contributed by atoms with Crippen LogP contribution < -0.4 is 10.2 Å². The molecule has 3 atom stereocenters. The molecule has 0 bridgehead atoms. The summed E-state index contributed by atoms with van der Waals surface area (Å²) in [5, 5.41) is 22.4. The highest BCUT2D eigenvalue weighted by molar-refractivity contribution is 5.94. The highest BCUT2D eigenvalue weighted by atomic mass is 19.4. The molecular weight excluding hydrogens is 459 g/mol. The van der Waals surface area contributed by atoms with Crippen molar-refractivity contribution in [2.75, 3.05) is 23.3 Å². The van der Waals surface area contributed by atoms with Gasteiger partial charge in [-0.2, -0.15) is 18.4 Å². The molecule has 180 valence electrons. The lowest BCUT2D eigenvalue weighted by Gasteiger charge is -2.25. The van der Waals surface area contributed by atoms with Gasteiger partial charge in [-0.05, 0) is 49.9 Å². The van der Waals surface area contributed by atoms with E-state index in [9.17, 15) is 28.3 Å². The second-order valence-corrected chi connectivity index (χ2v) is 9.38. The number of hydrogen-bond acceptors (Lipinski definition) is 6. The number of fused-ring (bicyclic) bond motifs is 2. The molecule has 1 saturated carbocycles. The zero-order valence-corrected chi connectivity index (χ0v) is 19.0. The van der Waals surface area contributed by atoms with Crippen LogP contribution in [-0.2, 0) is 0 Å². The Morgan fingerprint density at radius 1 is 1.31 bits per heavy atom. The van der Waals surface area contributed by atoms with Gasteiger partial charge in [0.05, 0.1) is 28.1 Å². The number of nitrogens with zero attached hydrogens (tertiary/aromatic N) is 4. The number of aromatic nitrogens is 2. The SMILES string of the molecule is Cc1cc([C@@H](C)Nc2ccccc2C(=O)O)c2nc(N3CC4CC4(C(F)(F)F)C3)c(C#N)nc2c1. The van der Waals surface area contributed by atoms with Crippen molar-refractivity contribution in [3.05, 3.63) is 58.8 Å². The Hall–Kier alpha value is -3.87. The van der Waals surface area contributed by atoms with Crippen molar-refractivity contribution >= 4 is 28.5 Å². The summed E-state index contributed by atoms with van der Waals surface area (Å²) >= 11 is 0. The third-order valence-corrected chi connectivity index (χ3v) is 7.04. The molecule has 10 heteroatoms. The van der Waals surface area contributed by atoms with Gasteiger partial charge in [0.25, 0.3) is 0 Å². The van der Waals surface area contributed by atoms with Gasteiger partial charge in [-0.1, -0.05) is 18.2 Å². The minimum Gasteiger partial charge on any atom is -0.478 e. The smallest absolute Gasteiger partial charge is 0.396 e. The lowest BCUT2D eigenvalue weighted by atomic mass is 10.0. The largest absolute Gasteiger partial charge is 0.478 e. The quantitative estimate of drug-likeness (QED) is 0.525. The average Bonchev–Trinajstić information content (AvgIpc) is 3.39. The van der Waals surface area contributed by atoms with Gasteiger partial charge in [-0.3, -0.25) is 0 Å². The van der Waals surface area contributed by atoms with Crippen LogP contribution in [0.3, 0.4) is 0 Å². The van der Waals surface area contributed by atoms with Gasteiger partial charge in [-0.15, -0.1) is 0 Å². The number of carbonyl (C=O) groups is 1. The third-order valence-electron chi connectivity index (χ3n) is 7.04. The molecule has 2 aromatic carbocycles. The van der Waals surface area contributed by atoms with E-state index in [0.29, 0.717) is 22.3 Å². The molecule has 1 aliphatic carbocycles. The van der Waals surface area contributed by atoms with Crippen molar-refractivity contribution in [2.24, 2.45) is 11.3 Å². The lowest BCUT2D eigenvalue weighted by Crippen LogP contribution is -2.34. The number of nitrogens with one attached hydrogen (secondary N) is 1. The number of piperidine rings is 1. The second-order valence-electron chi connectivity index (χ2n) is 9.38. The Balaban J connectivity index is 1.56. The monoisotopic (exact) mass is 481 g/mol. The van der Waals surface area contributed by atoms with Crippen molar-refractivity contribution in [3.8, 4) is 6.07 Å². The van der Waals surface area contributed by atoms with Gasteiger partial charge < -0.3 is 15.3 Å². The first-order valence-corrected chi connectivity index (χ1v) is 11.2. The number of carboxylic acids is 1. The fourth-order valence-corrected chi connectivity index (χ4v) is 5.14. The summed E-state index contributed by atoms with van der Waals surface area (Å²) in [6, 6.07) is 11.8. The second kappa shape index (κ2) is 7.83. The predicted molar refractivity (Wildman–Crippen MR) is 123 cm³/mol. The fourth-order valence-electron chi connectivity index (χ4n) is 5.14. The maximum Gasteiger partial charge on any atom is 0.396 e.